The van der Waals surface area contributed by atoms with Crippen LogP contribution < -0.4 is 9.62 Å². The molecule has 0 heterocycles. The summed E-state index contributed by atoms with van der Waals surface area (Å²) in [6.07, 6.45) is 4.81. The number of carbonyl (C=O) groups excluding carboxylic acids is 1. The number of rotatable bonds is 5. The number of carbonyl (C=O) groups is 1. The second-order valence-corrected chi connectivity index (χ2v) is 7.43. The zero-order chi connectivity index (χ0) is 14.3. The van der Waals surface area contributed by atoms with E-state index in [0.717, 1.165) is 25.7 Å². The highest BCUT2D eigenvalue weighted by atomic mass is 32.2. The lowest BCUT2D eigenvalue weighted by Crippen LogP contribution is -2.33. The average Bonchev–Trinajstić information content (AvgIpc) is 3.24. The van der Waals surface area contributed by atoms with E-state index in [1.165, 1.54) is 10.6 Å². The van der Waals surface area contributed by atoms with Gasteiger partial charge in [-0.25, -0.2) is 8.42 Å². The summed E-state index contributed by atoms with van der Waals surface area (Å²) in [7, 11) is -3.34. The summed E-state index contributed by atoms with van der Waals surface area (Å²) < 4.78 is 25.5. The smallest absolute Gasteiger partial charge is 0.232 e. The van der Waals surface area contributed by atoms with Crippen molar-refractivity contribution in [3.05, 3.63) is 24.3 Å². The van der Waals surface area contributed by atoms with E-state index in [2.05, 4.69) is 5.32 Å². The van der Waals surface area contributed by atoms with E-state index in [1.54, 1.807) is 24.3 Å². The van der Waals surface area contributed by atoms with Crippen LogP contribution in [-0.2, 0) is 14.8 Å². The van der Waals surface area contributed by atoms with Gasteiger partial charge in [-0.05, 0) is 37.8 Å². The lowest BCUT2D eigenvalue weighted by Gasteiger charge is -2.24. The highest BCUT2D eigenvalue weighted by molar-refractivity contribution is 7.92. The third kappa shape index (κ3) is 2.80. The second kappa shape index (κ2) is 4.77. The topological polar surface area (TPSA) is 66.5 Å². The maximum absolute atomic E-state index is 12.0. The molecular weight excluding hydrogens is 276 g/mol. The minimum Gasteiger partial charge on any atom is -0.324 e. The Hall–Kier alpha value is -1.56. The first-order chi connectivity index (χ1) is 9.47. The number of anilines is 2. The van der Waals surface area contributed by atoms with E-state index in [0.29, 0.717) is 11.4 Å². The zero-order valence-corrected chi connectivity index (χ0v) is 12.2. The Morgan fingerprint density at radius 1 is 1.20 bits per heavy atom. The lowest BCUT2D eigenvalue weighted by atomic mass is 10.2. The van der Waals surface area contributed by atoms with Gasteiger partial charge < -0.3 is 5.32 Å². The van der Waals surface area contributed by atoms with E-state index in [9.17, 15) is 13.2 Å². The summed E-state index contributed by atoms with van der Waals surface area (Å²) in [5, 5.41) is 2.86. The number of nitrogens with one attached hydrogen (secondary N) is 1. The maximum Gasteiger partial charge on any atom is 0.232 e. The predicted molar refractivity (Wildman–Crippen MR) is 78.1 cm³/mol. The normalized spacial score (nSPS) is 18.6. The molecule has 2 saturated carbocycles. The molecule has 0 aliphatic heterocycles. The number of para-hydroxylation sites is 2. The third-order valence-electron chi connectivity index (χ3n) is 3.58. The highest BCUT2D eigenvalue weighted by Gasteiger charge is 2.37. The first-order valence-electron chi connectivity index (χ1n) is 6.86. The largest absolute Gasteiger partial charge is 0.324 e. The van der Waals surface area contributed by atoms with Crippen LogP contribution in [0.25, 0.3) is 0 Å². The van der Waals surface area contributed by atoms with Gasteiger partial charge in [0.15, 0.2) is 0 Å². The Labute approximate surface area is 119 Å². The molecule has 0 unspecified atom stereocenters. The standard InChI is InChI=1S/C14H18N2O3S/c1-20(18,19)16(11-8-9-11)13-5-3-2-4-12(13)15-14(17)10-6-7-10/h2-5,10-11H,6-9H2,1H3,(H,15,17). The first-order valence-corrected chi connectivity index (χ1v) is 8.71. The van der Waals surface area contributed by atoms with Crippen LogP contribution in [0.4, 0.5) is 11.4 Å². The van der Waals surface area contributed by atoms with E-state index in [4.69, 9.17) is 0 Å². The average molecular weight is 294 g/mol. The number of amides is 1. The molecule has 0 saturated heterocycles. The van der Waals surface area contributed by atoms with Crippen LogP contribution in [0, 0.1) is 5.92 Å². The Kier molecular flexibility index (Phi) is 3.20. The van der Waals surface area contributed by atoms with E-state index in [1.807, 2.05) is 0 Å². The lowest BCUT2D eigenvalue weighted by molar-refractivity contribution is -0.117. The summed E-state index contributed by atoms with van der Waals surface area (Å²) in [6, 6.07) is 7.14. The molecule has 1 N–H and O–H groups in total. The minimum absolute atomic E-state index is 0.0123. The van der Waals surface area contributed by atoms with Crippen LogP contribution in [0.2, 0.25) is 0 Å². The number of nitrogens with zero attached hydrogens (tertiary/aromatic N) is 1. The van der Waals surface area contributed by atoms with E-state index >= 15 is 0 Å². The van der Waals surface area contributed by atoms with Gasteiger partial charge in [0, 0.05) is 12.0 Å². The molecule has 0 radical (unpaired) electrons. The van der Waals surface area contributed by atoms with Crippen LogP contribution in [0.5, 0.6) is 0 Å². The summed E-state index contributed by atoms with van der Waals surface area (Å²) >= 11 is 0. The molecule has 0 atom stereocenters. The van der Waals surface area contributed by atoms with Gasteiger partial charge in [0.25, 0.3) is 0 Å². The predicted octanol–water partition coefficient (Wildman–Crippen LogP) is 1.96. The quantitative estimate of drug-likeness (QED) is 0.902. The molecule has 5 nitrogen and oxygen atoms in total. The molecule has 0 spiro atoms. The SMILES string of the molecule is CS(=O)(=O)N(c1ccccc1NC(=O)C1CC1)C1CC1. The Bertz CT molecular complexity index is 634. The van der Waals surface area contributed by atoms with Gasteiger partial charge >= 0.3 is 0 Å². The number of hydrogen-bond donors (Lipinski definition) is 1. The van der Waals surface area contributed by atoms with E-state index in [-0.39, 0.29) is 17.9 Å². The van der Waals surface area contributed by atoms with Crippen molar-refractivity contribution >= 4 is 27.3 Å². The van der Waals surface area contributed by atoms with Crippen LogP contribution in [-0.4, -0.2) is 26.6 Å². The first kappa shape index (κ1) is 13.4. The fourth-order valence-corrected chi connectivity index (χ4v) is 3.58. The molecule has 0 aromatic heterocycles. The van der Waals surface area contributed by atoms with E-state index < -0.39 is 10.0 Å². The summed E-state index contributed by atoms with van der Waals surface area (Å²) in [6.45, 7) is 0. The van der Waals surface area contributed by atoms with Crippen LogP contribution in [0.3, 0.4) is 0 Å². The van der Waals surface area contributed by atoms with Crippen LogP contribution in [0.15, 0.2) is 24.3 Å². The minimum atomic E-state index is -3.34. The molecule has 2 fully saturated rings. The van der Waals surface area contributed by atoms with Gasteiger partial charge in [-0.3, -0.25) is 9.10 Å². The summed E-state index contributed by atoms with van der Waals surface area (Å²) in [5.41, 5.74) is 1.16. The molecule has 3 rings (SSSR count). The fourth-order valence-electron chi connectivity index (χ4n) is 2.31. The zero-order valence-electron chi connectivity index (χ0n) is 11.4. The second-order valence-electron chi connectivity index (χ2n) is 5.57. The molecule has 108 valence electrons. The number of hydrogen-bond acceptors (Lipinski definition) is 3. The molecular formula is C14H18N2O3S. The van der Waals surface area contributed by atoms with Gasteiger partial charge in [-0.1, -0.05) is 12.1 Å². The van der Waals surface area contributed by atoms with Gasteiger partial charge in [0.2, 0.25) is 15.9 Å². The number of benzene rings is 1. The molecule has 1 aromatic rings. The Morgan fingerprint density at radius 2 is 1.85 bits per heavy atom. The van der Waals surface area contributed by atoms with Crippen molar-refractivity contribution in [1.82, 2.24) is 0 Å². The van der Waals surface area contributed by atoms with Crippen molar-refractivity contribution in [2.24, 2.45) is 5.92 Å². The van der Waals surface area contributed by atoms with Crippen molar-refractivity contribution in [3.63, 3.8) is 0 Å². The van der Waals surface area contributed by atoms with Crippen molar-refractivity contribution in [3.8, 4) is 0 Å². The van der Waals surface area contributed by atoms with Gasteiger partial charge in [0.05, 0.1) is 17.6 Å². The van der Waals surface area contributed by atoms with Crippen LogP contribution >= 0.6 is 0 Å². The molecule has 2 aliphatic rings. The third-order valence-corrected chi connectivity index (χ3v) is 4.79. The van der Waals surface area contributed by atoms with Crippen molar-refractivity contribution in [2.45, 2.75) is 31.7 Å². The van der Waals surface area contributed by atoms with Crippen molar-refractivity contribution < 1.29 is 13.2 Å². The molecule has 0 bridgehead atoms. The molecule has 1 aromatic carbocycles. The molecule has 6 heteroatoms. The number of sulfonamides is 1. The monoisotopic (exact) mass is 294 g/mol. The van der Waals surface area contributed by atoms with Gasteiger partial charge in [-0.2, -0.15) is 0 Å². The maximum atomic E-state index is 12.0. The fraction of sp³-hybridized carbons (Fsp3) is 0.500. The molecule has 20 heavy (non-hydrogen) atoms. The Balaban J connectivity index is 1.93. The van der Waals surface area contributed by atoms with Gasteiger partial charge in [-0.15, -0.1) is 0 Å². The summed E-state index contributed by atoms with van der Waals surface area (Å²) in [5.74, 6) is 0.0809. The molecule has 1 amide bonds. The highest BCUT2D eigenvalue weighted by Crippen LogP contribution is 2.38. The van der Waals surface area contributed by atoms with Gasteiger partial charge in [0.1, 0.15) is 0 Å². The summed E-state index contributed by atoms with van der Waals surface area (Å²) in [4.78, 5) is 11.9. The molecule has 2 aliphatic carbocycles. The van der Waals surface area contributed by atoms with Crippen molar-refractivity contribution in [2.75, 3.05) is 15.9 Å². The Morgan fingerprint density at radius 3 is 2.40 bits per heavy atom. The van der Waals surface area contributed by atoms with Crippen LogP contribution in [0.1, 0.15) is 25.7 Å². The van der Waals surface area contributed by atoms with Crippen molar-refractivity contribution in [1.29, 1.82) is 0 Å².